The summed E-state index contributed by atoms with van der Waals surface area (Å²) in [5.41, 5.74) is 0. The molecular formula is C20H35OP. The van der Waals surface area contributed by atoms with Crippen molar-refractivity contribution in [2.24, 2.45) is 0 Å². The van der Waals surface area contributed by atoms with Crippen molar-refractivity contribution >= 4 is 12.4 Å². The van der Waals surface area contributed by atoms with Crippen LogP contribution in [0, 0.1) is 0 Å². The van der Waals surface area contributed by atoms with E-state index in [9.17, 15) is 4.57 Å². The predicted molar refractivity (Wildman–Crippen MR) is 101 cm³/mol. The summed E-state index contributed by atoms with van der Waals surface area (Å²) in [7, 11) is -2.15. The minimum Gasteiger partial charge on any atom is -0.319 e. The fourth-order valence-electron chi connectivity index (χ4n) is 2.98. The smallest absolute Gasteiger partial charge is 0.115 e. The van der Waals surface area contributed by atoms with Crippen LogP contribution in [0.2, 0.25) is 0 Å². The Hall–Kier alpha value is -0.550. The molecule has 22 heavy (non-hydrogen) atoms. The van der Waals surface area contributed by atoms with Gasteiger partial charge in [0, 0.05) is 17.6 Å². The highest BCUT2D eigenvalue weighted by Gasteiger charge is 2.22. The van der Waals surface area contributed by atoms with E-state index in [4.69, 9.17) is 0 Å². The second-order valence-corrected chi connectivity index (χ2v) is 9.69. The Morgan fingerprint density at radius 2 is 1.18 bits per heavy atom. The third-order valence-electron chi connectivity index (χ3n) is 4.47. The standard InChI is InChI=1S/C20H35OP/c1-3-5-7-8-9-10-11-15-19-22(21,18-6-4-2)20-16-13-12-14-17-20/h12-14,16-17H,3-11,15,18-19H2,1-2H3. The maximum Gasteiger partial charge on any atom is 0.115 e. The number of hydrogen-bond donors (Lipinski definition) is 0. The van der Waals surface area contributed by atoms with Crippen LogP contribution in [0.15, 0.2) is 30.3 Å². The molecule has 0 saturated carbocycles. The molecular weight excluding hydrogens is 287 g/mol. The van der Waals surface area contributed by atoms with Gasteiger partial charge in [-0.3, -0.25) is 0 Å². The van der Waals surface area contributed by atoms with Crippen LogP contribution in [-0.2, 0) is 4.57 Å². The van der Waals surface area contributed by atoms with Gasteiger partial charge in [0.15, 0.2) is 0 Å². The normalized spacial score (nSPS) is 13.9. The second kappa shape index (κ2) is 11.9. The van der Waals surface area contributed by atoms with E-state index >= 15 is 0 Å². The largest absolute Gasteiger partial charge is 0.319 e. The summed E-state index contributed by atoms with van der Waals surface area (Å²) < 4.78 is 13.3. The van der Waals surface area contributed by atoms with Gasteiger partial charge >= 0.3 is 0 Å². The molecule has 126 valence electrons. The molecule has 1 rings (SSSR count). The Labute approximate surface area is 138 Å². The molecule has 0 heterocycles. The summed E-state index contributed by atoms with van der Waals surface area (Å²) in [6.07, 6.45) is 14.5. The Morgan fingerprint density at radius 3 is 1.77 bits per heavy atom. The average Bonchev–Trinajstić information content (AvgIpc) is 2.56. The quantitative estimate of drug-likeness (QED) is 0.295. The molecule has 0 amide bonds. The molecule has 1 unspecified atom stereocenters. The van der Waals surface area contributed by atoms with Gasteiger partial charge in [-0.1, -0.05) is 95.5 Å². The molecule has 0 fully saturated rings. The first-order valence-corrected chi connectivity index (χ1v) is 11.4. The van der Waals surface area contributed by atoms with Crippen LogP contribution in [0.1, 0.15) is 78.1 Å². The average molecular weight is 322 g/mol. The van der Waals surface area contributed by atoms with Crippen LogP contribution < -0.4 is 5.30 Å². The Kier molecular flexibility index (Phi) is 10.6. The van der Waals surface area contributed by atoms with Gasteiger partial charge < -0.3 is 4.57 Å². The first-order valence-electron chi connectivity index (χ1n) is 9.36. The van der Waals surface area contributed by atoms with Crippen molar-refractivity contribution in [3.05, 3.63) is 30.3 Å². The second-order valence-electron chi connectivity index (χ2n) is 6.50. The lowest BCUT2D eigenvalue weighted by Gasteiger charge is -2.18. The van der Waals surface area contributed by atoms with Gasteiger partial charge in [-0.15, -0.1) is 0 Å². The van der Waals surface area contributed by atoms with Crippen molar-refractivity contribution in [3.8, 4) is 0 Å². The van der Waals surface area contributed by atoms with Crippen LogP contribution in [0.3, 0.4) is 0 Å². The maximum atomic E-state index is 13.3. The molecule has 1 atom stereocenters. The van der Waals surface area contributed by atoms with Gasteiger partial charge in [0.25, 0.3) is 0 Å². The molecule has 0 spiro atoms. The van der Waals surface area contributed by atoms with Crippen molar-refractivity contribution in [1.29, 1.82) is 0 Å². The summed E-state index contributed by atoms with van der Waals surface area (Å²) in [6.45, 7) is 4.45. The molecule has 1 aromatic rings. The van der Waals surface area contributed by atoms with Gasteiger partial charge in [0.2, 0.25) is 0 Å². The highest BCUT2D eigenvalue weighted by molar-refractivity contribution is 7.71. The number of benzene rings is 1. The fraction of sp³-hybridized carbons (Fsp3) is 0.700. The lowest BCUT2D eigenvalue weighted by Crippen LogP contribution is -2.10. The van der Waals surface area contributed by atoms with Crippen molar-refractivity contribution in [2.75, 3.05) is 12.3 Å². The van der Waals surface area contributed by atoms with Crippen LogP contribution in [0.25, 0.3) is 0 Å². The molecule has 0 radical (unpaired) electrons. The van der Waals surface area contributed by atoms with Crippen molar-refractivity contribution in [3.63, 3.8) is 0 Å². The summed E-state index contributed by atoms with van der Waals surface area (Å²) in [4.78, 5) is 0. The number of rotatable bonds is 13. The molecule has 0 aromatic heterocycles. The van der Waals surface area contributed by atoms with Gasteiger partial charge in [-0.05, 0) is 12.8 Å². The molecule has 0 aliphatic rings. The van der Waals surface area contributed by atoms with E-state index in [0.717, 1.165) is 36.9 Å². The van der Waals surface area contributed by atoms with Crippen LogP contribution >= 0.6 is 7.14 Å². The molecule has 1 nitrogen and oxygen atoms in total. The topological polar surface area (TPSA) is 17.1 Å². The van der Waals surface area contributed by atoms with E-state index in [1.165, 1.54) is 44.9 Å². The molecule has 0 aliphatic heterocycles. The molecule has 0 N–H and O–H groups in total. The first kappa shape index (κ1) is 19.5. The summed E-state index contributed by atoms with van der Waals surface area (Å²) in [5.74, 6) is 0. The highest BCUT2D eigenvalue weighted by Crippen LogP contribution is 2.46. The summed E-state index contributed by atoms with van der Waals surface area (Å²) >= 11 is 0. The monoisotopic (exact) mass is 322 g/mol. The van der Waals surface area contributed by atoms with E-state index < -0.39 is 7.14 Å². The predicted octanol–water partition coefficient (Wildman–Crippen LogP) is 6.62. The van der Waals surface area contributed by atoms with Gasteiger partial charge in [0.1, 0.15) is 7.14 Å². The van der Waals surface area contributed by atoms with Crippen molar-refractivity contribution in [1.82, 2.24) is 0 Å². The third kappa shape index (κ3) is 7.63. The third-order valence-corrected chi connectivity index (χ3v) is 7.79. The van der Waals surface area contributed by atoms with E-state index in [1.807, 2.05) is 18.2 Å². The van der Waals surface area contributed by atoms with E-state index in [1.54, 1.807) is 0 Å². The maximum absolute atomic E-state index is 13.3. The van der Waals surface area contributed by atoms with E-state index in [2.05, 4.69) is 26.0 Å². The van der Waals surface area contributed by atoms with Gasteiger partial charge in [-0.2, -0.15) is 0 Å². The minimum atomic E-state index is -2.15. The first-order chi connectivity index (χ1) is 10.7. The number of unbranched alkanes of at least 4 members (excludes halogenated alkanes) is 8. The van der Waals surface area contributed by atoms with Crippen molar-refractivity contribution in [2.45, 2.75) is 78.1 Å². The van der Waals surface area contributed by atoms with E-state index in [-0.39, 0.29) is 0 Å². The molecule has 0 aliphatic carbocycles. The Bertz CT molecular complexity index is 413. The fourth-order valence-corrected chi connectivity index (χ4v) is 6.00. The molecule has 0 saturated heterocycles. The molecule has 0 bridgehead atoms. The molecule has 1 aromatic carbocycles. The zero-order valence-electron chi connectivity index (χ0n) is 14.7. The van der Waals surface area contributed by atoms with E-state index in [0.29, 0.717) is 0 Å². The minimum absolute atomic E-state index is 0.893. The Balaban J connectivity index is 2.35. The van der Waals surface area contributed by atoms with Crippen LogP contribution in [0.5, 0.6) is 0 Å². The lowest BCUT2D eigenvalue weighted by molar-refractivity contribution is 0.566. The van der Waals surface area contributed by atoms with Crippen molar-refractivity contribution < 1.29 is 4.57 Å². The van der Waals surface area contributed by atoms with Gasteiger partial charge in [0.05, 0.1) is 0 Å². The molecule has 2 heteroatoms. The zero-order chi connectivity index (χ0) is 16.1. The number of hydrogen-bond acceptors (Lipinski definition) is 1. The Morgan fingerprint density at radius 1 is 0.682 bits per heavy atom. The van der Waals surface area contributed by atoms with Crippen LogP contribution in [0.4, 0.5) is 0 Å². The van der Waals surface area contributed by atoms with Crippen LogP contribution in [-0.4, -0.2) is 12.3 Å². The summed E-state index contributed by atoms with van der Waals surface area (Å²) in [5, 5.41) is 1.10. The highest BCUT2D eigenvalue weighted by atomic mass is 31.2. The summed E-state index contributed by atoms with van der Waals surface area (Å²) in [6, 6.07) is 10.2. The van der Waals surface area contributed by atoms with Gasteiger partial charge in [-0.25, -0.2) is 0 Å². The zero-order valence-corrected chi connectivity index (χ0v) is 15.6. The lowest BCUT2D eigenvalue weighted by atomic mass is 10.1. The SMILES string of the molecule is CCCCCCCCCCP(=O)(CCCC)c1ccccc1.